The summed E-state index contributed by atoms with van der Waals surface area (Å²) in [5, 5.41) is 0. The molecule has 0 saturated heterocycles. The van der Waals surface area contributed by atoms with Gasteiger partial charge in [-0.1, -0.05) is 42.8 Å². The third-order valence-corrected chi connectivity index (χ3v) is 3.16. The molecule has 1 unspecified atom stereocenters. The zero-order valence-corrected chi connectivity index (χ0v) is 12.0. The van der Waals surface area contributed by atoms with Crippen molar-refractivity contribution in [2.45, 2.75) is 39.5 Å². The maximum absolute atomic E-state index is 14.0. The third-order valence-electron chi connectivity index (χ3n) is 3.16. The van der Waals surface area contributed by atoms with E-state index in [4.69, 9.17) is 0 Å². The van der Waals surface area contributed by atoms with Gasteiger partial charge in [-0.2, -0.15) is 0 Å². The van der Waals surface area contributed by atoms with Gasteiger partial charge in [-0.05, 0) is 44.4 Å². The summed E-state index contributed by atoms with van der Waals surface area (Å²) < 4.78 is 14.0. The predicted octanol–water partition coefficient (Wildman–Crippen LogP) is 4.58. The highest BCUT2D eigenvalue weighted by Crippen LogP contribution is 2.33. The number of benzene rings is 1. The van der Waals surface area contributed by atoms with E-state index >= 15 is 0 Å². The number of carbonyl (C=O) groups is 1. The van der Waals surface area contributed by atoms with Gasteiger partial charge in [0.15, 0.2) is 0 Å². The largest absolute Gasteiger partial charge is 0.298 e. The minimum atomic E-state index is -0.506. The molecule has 0 saturated carbocycles. The highest BCUT2D eigenvalue weighted by atomic mass is 19.1. The first kappa shape index (κ1) is 15.4. The first-order valence-corrected chi connectivity index (χ1v) is 6.42. The molecule has 1 aromatic carbocycles. The van der Waals surface area contributed by atoms with Crippen molar-refractivity contribution < 1.29 is 9.18 Å². The Morgan fingerprint density at radius 3 is 2.42 bits per heavy atom. The van der Waals surface area contributed by atoms with Gasteiger partial charge in [0.2, 0.25) is 0 Å². The number of hydrogen-bond acceptors (Lipinski definition) is 1. The van der Waals surface area contributed by atoms with E-state index in [-0.39, 0.29) is 5.82 Å². The molecular formula is C17H21FO. The molecule has 102 valence electrons. The fourth-order valence-corrected chi connectivity index (χ4v) is 2.12. The van der Waals surface area contributed by atoms with E-state index in [1.54, 1.807) is 19.1 Å². The van der Waals surface area contributed by atoms with Gasteiger partial charge in [0.1, 0.15) is 12.1 Å². The van der Waals surface area contributed by atoms with E-state index < -0.39 is 5.41 Å². The van der Waals surface area contributed by atoms with E-state index in [2.05, 4.69) is 6.08 Å². The molecule has 0 aliphatic heterocycles. The lowest BCUT2D eigenvalue weighted by Crippen LogP contribution is -2.21. The molecule has 19 heavy (non-hydrogen) atoms. The number of hydrogen-bond donors (Lipinski definition) is 0. The van der Waals surface area contributed by atoms with E-state index in [0.717, 1.165) is 6.29 Å². The SMILES string of the molecule is CC(C)=CCC(C)(/C=C(\C)C=O)c1ccccc1F. The van der Waals surface area contributed by atoms with Crippen molar-refractivity contribution in [2.75, 3.05) is 0 Å². The average molecular weight is 260 g/mol. The standard InChI is InChI=1S/C17H21FO/c1-13(2)9-10-17(4,11-14(3)12-19)15-7-5-6-8-16(15)18/h5-9,11-12H,10H2,1-4H3/b14-11+. The first-order valence-electron chi connectivity index (χ1n) is 6.42. The van der Waals surface area contributed by atoms with Gasteiger partial charge < -0.3 is 0 Å². The van der Waals surface area contributed by atoms with E-state index in [1.807, 2.05) is 32.9 Å². The van der Waals surface area contributed by atoms with Crippen molar-refractivity contribution >= 4 is 6.29 Å². The van der Waals surface area contributed by atoms with Crippen LogP contribution in [0.4, 0.5) is 4.39 Å². The molecule has 0 spiro atoms. The highest BCUT2D eigenvalue weighted by molar-refractivity contribution is 5.72. The van der Waals surface area contributed by atoms with Gasteiger partial charge in [-0.3, -0.25) is 4.79 Å². The van der Waals surface area contributed by atoms with Crippen LogP contribution in [0.1, 0.15) is 39.7 Å². The quantitative estimate of drug-likeness (QED) is 0.430. The Morgan fingerprint density at radius 1 is 1.26 bits per heavy atom. The fourth-order valence-electron chi connectivity index (χ4n) is 2.12. The molecule has 0 N–H and O–H groups in total. The Balaban J connectivity index is 3.30. The third kappa shape index (κ3) is 4.16. The summed E-state index contributed by atoms with van der Waals surface area (Å²) in [5.41, 5.74) is 1.91. The maximum Gasteiger partial charge on any atom is 0.145 e. The van der Waals surface area contributed by atoms with Crippen molar-refractivity contribution in [3.8, 4) is 0 Å². The number of rotatable bonds is 5. The van der Waals surface area contributed by atoms with Gasteiger partial charge in [0.05, 0.1) is 0 Å². The van der Waals surface area contributed by atoms with Crippen LogP contribution in [0.3, 0.4) is 0 Å². The highest BCUT2D eigenvalue weighted by Gasteiger charge is 2.26. The molecule has 0 aliphatic rings. The monoisotopic (exact) mass is 260 g/mol. The zero-order valence-electron chi connectivity index (χ0n) is 12.0. The van der Waals surface area contributed by atoms with Gasteiger partial charge >= 0.3 is 0 Å². The van der Waals surface area contributed by atoms with Gasteiger partial charge in [-0.15, -0.1) is 0 Å². The number of allylic oxidation sites excluding steroid dienone is 4. The summed E-state index contributed by atoms with van der Waals surface area (Å²) >= 11 is 0. The molecule has 0 aliphatic carbocycles. The van der Waals surface area contributed by atoms with Crippen LogP contribution in [0.25, 0.3) is 0 Å². The van der Waals surface area contributed by atoms with Crippen LogP contribution in [0, 0.1) is 5.82 Å². The second-order valence-corrected chi connectivity index (χ2v) is 5.39. The van der Waals surface area contributed by atoms with E-state index in [0.29, 0.717) is 17.6 Å². The van der Waals surface area contributed by atoms with Crippen LogP contribution < -0.4 is 0 Å². The maximum atomic E-state index is 14.0. The number of carbonyl (C=O) groups excluding carboxylic acids is 1. The van der Waals surface area contributed by atoms with Crippen LogP contribution in [0.15, 0.2) is 47.6 Å². The number of aldehydes is 1. The van der Waals surface area contributed by atoms with Crippen molar-refractivity contribution in [1.82, 2.24) is 0 Å². The summed E-state index contributed by atoms with van der Waals surface area (Å²) in [7, 11) is 0. The minimum Gasteiger partial charge on any atom is -0.298 e. The zero-order chi connectivity index (χ0) is 14.5. The Hall–Kier alpha value is -1.70. The van der Waals surface area contributed by atoms with E-state index in [1.165, 1.54) is 11.6 Å². The number of halogens is 1. The molecule has 1 nitrogen and oxygen atoms in total. The second-order valence-electron chi connectivity index (χ2n) is 5.39. The van der Waals surface area contributed by atoms with Crippen molar-refractivity contribution in [3.05, 3.63) is 58.9 Å². The lowest BCUT2D eigenvalue weighted by molar-refractivity contribution is -0.104. The van der Waals surface area contributed by atoms with E-state index in [9.17, 15) is 9.18 Å². The van der Waals surface area contributed by atoms with Crippen LogP contribution in [0.2, 0.25) is 0 Å². The Bertz CT molecular complexity index is 510. The summed E-state index contributed by atoms with van der Waals surface area (Å²) in [6, 6.07) is 6.74. The second kappa shape index (κ2) is 6.46. The Kier molecular flexibility index (Phi) is 5.22. The average Bonchev–Trinajstić information content (AvgIpc) is 2.36. The molecule has 0 bridgehead atoms. The topological polar surface area (TPSA) is 17.1 Å². The molecule has 0 amide bonds. The molecule has 1 rings (SSSR count). The normalized spacial score (nSPS) is 14.7. The lowest BCUT2D eigenvalue weighted by atomic mass is 9.77. The van der Waals surface area contributed by atoms with Crippen molar-refractivity contribution in [3.63, 3.8) is 0 Å². The van der Waals surface area contributed by atoms with Gasteiger partial charge in [0, 0.05) is 5.41 Å². The molecule has 0 fully saturated rings. The summed E-state index contributed by atoms with van der Waals surface area (Å²) in [5.74, 6) is -0.234. The molecule has 1 aromatic rings. The Morgan fingerprint density at radius 2 is 1.89 bits per heavy atom. The molecule has 1 atom stereocenters. The van der Waals surface area contributed by atoms with Crippen LogP contribution in [-0.2, 0) is 10.2 Å². The Labute approximate surface area is 114 Å². The summed E-state index contributed by atoms with van der Waals surface area (Å²) in [4.78, 5) is 10.9. The van der Waals surface area contributed by atoms with Crippen molar-refractivity contribution in [1.29, 1.82) is 0 Å². The fraction of sp³-hybridized carbons (Fsp3) is 0.353. The first-order chi connectivity index (χ1) is 8.89. The predicted molar refractivity (Wildman–Crippen MR) is 77.6 cm³/mol. The molecule has 0 aromatic heterocycles. The van der Waals surface area contributed by atoms with Gasteiger partial charge in [-0.25, -0.2) is 4.39 Å². The molecule has 2 heteroatoms. The summed E-state index contributed by atoms with van der Waals surface area (Å²) in [6.45, 7) is 7.72. The van der Waals surface area contributed by atoms with Crippen LogP contribution in [0.5, 0.6) is 0 Å². The van der Waals surface area contributed by atoms with Crippen LogP contribution in [-0.4, -0.2) is 6.29 Å². The van der Waals surface area contributed by atoms with Crippen molar-refractivity contribution in [2.24, 2.45) is 0 Å². The van der Waals surface area contributed by atoms with Crippen LogP contribution >= 0.6 is 0 Å². The molecule has 0 radical (unpaired) electrons. The molecule has 0 heterocycles. The smallest absolute Gasteiger partial charge is 0.145 e. The lowest BCUT2D eigenvalue weighted by Gasteiger charge is -2.26. The van der Waals surface area contributed by atoms with Gasteiger partial charge in [0.25, 0.3) is 0 Å². The summed E-state index contributed by atoms with van der Waals surface area (Å²) in [6.07, 6.45) is 5.39. The molecular weight excluding hydrogens is 239 g/mol. The minimum absolute atomic E-state index is 0.234.